The maximum atomic E-state index is 12.7. The van der Waals surface area contributed by atoms with Crippen LogP contribution in [-0.2, 0) is 6.54 Å². The van der Waals surface area contributed by atoms with Gasteiger partial charge in [0.25, 0.3) is 17.7 Å². The Morgan fingerprint density at radius 3 is 2.06 bits per heavy atom. The normalized spacial score (nSPS) is 12.5. The molecule has 3 amide bonds. The van der Waals surface area contributed by atoms with Gasteiger partial charge in [-0.25, -0.2) is 0 Å². The Morgan fingerprint density at radius 2 is 1.39 bits per heavy atom. The van der Waals surface area contributed by atoms with Gasteiger partial charge < -0.3 is 5.32 Å². The van der Waals surface area contributed by atoms with E-state index < -0.39 is 0 Å². The van der Waals surface area contributed by atoms with Gasteiger partial charge in [-0.05, 0) is 47.0 Å². The topological polar surface area (TPSA) is 66.5 Å². The van der Waals surface area contributed by atoms with Crippen molar-refractivity contribution in [1.29, 1.82) is 0 Å². The maximum Gasteiger partial charge on any atom is 0.261 e. The van der Waals surface area contributed by atoms with E-state index in [-0.39, 0.29) is 24.3 Å². The van der Waals surface area contributed by atoms with Crippen LogP contribution in [0.15, 0.2) is 97.1 Å². The highest BCUT2D eigenvalue weighted by molar-refractivity contribution is 6.21. The van der Waals surface area contributed by atoms with Crippen molar-refractivity contribution in [2.75, 3.05) is 5.32 Å². The average molecular weight is 431 g/mol. The minimum atomic E-state index is -0.300. The first-order valence-electron chi connectivity index (χ1n) is 10.5. The van der Waals surface area contributed by atoms with Gasteiger partial charge in [0.2, 0.25) is 0 Å². The van der Waals surface area contributed by atoms with Crippen LogP contribution in [-0.4, -0.2) is 22.6 Å². The number of amides is 3. The predicted octanol–water partition coefficient (Wildman–Crippen LogP) is 5.20. The lowest BCUT2D eigenvalue weighted by atomic mass is 10.1. The van der Waals surface area contributed by atoms with Crippen LogP contribution in [0.25, 0.3) is 11.1 Å². The number of imide groups is 1. The second kappa shape index (κ2) is 8.55. The Bertz CT molecular complexity index is 1330. The number of rotatable bonds is 5. The van der Waals surface area contributed by atoms with E-state index >= 15 is 0 Å². The summed E-state index contributed by atoms with van der Waals surface area (Å²) in [6, 6.07) is 32.2. The van der Waals surface area contributed by atoms with Crippen molar-refractivity contribution < 1.29 is 14.4 Å². The Hall–Kier alpha value is -4.51. The molecular formula is C28H19N2O3. The first-order valence-corrected chi connectivity index (χ1v) is 10.5. The Labute approximate surface area is 191 Å². The van der Waals surface area contributed by atoms with Crippen molar-refractivity contribution in [2.45, 2.75) is 6.54 Å². The average Bonchev–Trinajstić information content (AvgIpc) is 3.10. The molecule has 0 aliphatic carbocycles. The summed E-state index contributed by atoms with van der Waals surface area (Å²) >= 11 is 0. The van der Waals surface area contributed by atoms with Gasteiger partial charge in [-0.1, -0.05) is 66.7 Å². The molecule has 0 saturated carbocycles. The summed E-state index contributed by atoms with van der Waals surface area (Å²) in [5.74, 6) is -0.860. The van der Waals surface area contributed by atoms with E-state index in [4.69, 9.17) is 0 Å². The number of hydrogen-bond acceptors (Lipinski definition) is 3. The van der Waals surface area contributed by atoms with E-state index in [1.807, 2.05) is 42.5 Å². The number of nitrogens with zero attached hydrogens (tertiary/aromatic N) is 1. The third-order valence-electron chi connectivity index (χ3n) is 5.59. The molecule has 4 aromatic carbocycles. The van der Waals surface area contributed by atoms with Crippen LogP contribution in [0.1, 0.15) is 36.6 Å². The molecule has 0 fully saturated rings. The molecule has 4 aromatic rings. The molecule has 5 heteroatoms. The van der Waals surface area contributed by atoms with Gasteiger partial charge in [-0.15, -0.1) is 0 Å². The molecule has 1 aliphatic rings. The second-order valence-electron chi connectivity index (χ2n) is 7.75. The number of carbonyl (C=O) groups is 3. The number of hydrogen-bond donors (Lipinski definition) is 1. The summed E-state index contributed by atoms with van der Waals surface area (Å²) in [6.45, 7) is 0.154. The standard InChI is InChI=1S/C28H19N2O3/c31-26(29-23-10-6-9-22(17-23)20-7-2-1-3-8-20)21-15-13-19(14-16-21)18-30-27(32)24-11-4-5-12-25(24)28(30)33/h1-9,11-17H,18H2,(H,29,31). The van der Waals surface area contributed by atoms with Crippen LogP contribution < -0.4 is 5.32 Å². The Balaban J connectivity index is 1.27. The van der Waals surface area contributed by atoms with Crippen molar-refractivity contribution in [2.24, 2.45) is 0 Å². The molecule has 1 aliphatic heterocycles. The highest BCUT2D eigenvalue weighted by Crippen LogP contribution is 2.25. The SMILES string of the molecule is O=C(Nc1[c]ccc(-c2ccccc2)c1)c1ccc(CN2C(=O)c3ccccc3C2=O)cc1. The molecule has 33 heavy (non-hydrogen) atoms. The van der Waals surface area contributed by atoms with Crippen LogP contribution >= 0.6 is 0 Å². The van der Waals surface area contributed by atoms with Crippen LogP contribution in [0.5, 0.6) is 0 Å². The molecule has 0 saturated heterocycles. The van der Waals surface area contributed by atoms with E-state index in [9.17, 15) is 14.4 Å². The highest BCUT2D eigenvalue weighted by atomic mass is 16.2. The van der Waals surface area contributed by atoms with Crippen molar-refractivity contribution in [3.05, 3.63) is 125 Å². The summed E-state index contributed by atoms with van der Waals surface area (Å²) in [6.07, 6.45) is 0. The van der Waals surface area contributed by atoms with Crippen LogP contribution in [0, 0.1) is 6.07 Å². The lowest BCUT2D eigenvalue weighted by molar-refractivity contribution is 0.0642. The van der Waals surface area contributed by atoms with Gasteiger partial charge in [0.15, 0.2) is 0 Å². The molecule has 0 atom stereocenters. The predicted molar refractivity (Wildman–Crippen MR) is 126 cm³/mol. The zero-order chi connectivity index (χ0) is 22.8. The number of nitrogens with one attached hydrogen (secondary N) is 1. The van der Waals surface area contributed by atoms with Gasteiger partial charge in [-0.3, -0.25) is 19.3 Å². The third-order valence-corrected chi connectivity index (χ3v) is 5.59. The lowest BCUT2D eigenvalue weighted by Gasteiger charge is -2.14. The largest absolute Gasteiger partial charge is 0.321 e. The highest BCUT2D eigenvalue weighted by Gasteiger charge is 2.34. The first kappa shape index (κ1) is 20.4. The molecule has 5 rings (SSSR count). The summed E-state index contributed by atoms with van der Waals surface area (Å²) in [4.78, 5) is 39.1. The molecule has 0 aromatic heterocycles. The second-order valence-corrected chi connectivity index (χ2v) is 7.75. The summed E-state index contributed by atoms with van der Waals surface area (Å²) < 4.78 is 0. The van der Waals surface area contributed by atoms with Gasteiger partial charge in [0, 0.05) is 17.3 Å². The van der Waals surface area contributed by atoms with Crippen molar-refractivity contribution >= 4 is 23.4 Å². The molecule has 5 nitrogen and oxygen atoms in total. The lowest BCUT2D eigenvalue weighted by Crippen LogP contribution is -2.29. The number of carbonyl (C=O) groups excluding carboxylic acids is 3. The van der Waals surface area contributed by atoms with E-state index in [1.54, 1.807) is 54.6 Å². The fourth-order valence-corrected chi connectivity index (χ4v) is 3.87. The summed E-state index contributed by atoms with van der Waals surface area (Å²) in [5, 5.41) is 2.87. The monoisotopic (exact) mass is 431 g/mol. The minimum absolute atomic E-state index is 0.154. The Morgan fingerprint density at radius 1 is 0.758 bits per heavy atom. The fraction of sp³-hybridized carbons (Fsp3) is 0.0357. The van der Waals surface area contributed by atoms with Crippen molar-refractivity contribution in [1.82, 2.24) is 4.90 Å². The smallest absolute Gasteiger partial charge is 0.261 e. The van der Waals surface area contributed by atoms with Crippen molar-refractivity contribution in [3.63, 3.8) is 0 Å². The van der Waals surface area contributed by atoms with Crippen LogP contribution in [0.3, 0.4) is 0 Å². The van der Waals surface area contributed by atoms with E-state index in [0.717, 1.165) is 16.7 Å². The molecule has 1 radical (unpaired) electrons. The zero-order valence-corrected chi connectivity index (χ0v) is 17.6. The fourth-order valence-electron chi connectivity index (χ4n) is 3.87. The molecule has 0 spiro atoms. The van der Waals surface area contributed by atoms with E-state index in [1.165, 1.54) is 4.90 Å². The number of fused-ring (bicyclic) bond motifs is 1. The summed E-state index contributed by atoms with van der Waals surface area (Å²) in [7, 11) is 0. The molecular weight excluding hydrogens is 412 g/mol. The van der Waals surface area contributed by atoms with Crippen molar-refractivity contribution in [3.8, 4) is 11.1 Å². The first-order chi connectivity index (χ1) is 16.1. The molecule has 0 unspecified atom stereocenters. The van der Waals surface area contributed by atoms with Gasteiger partial charge in [-0.2, -0.15) is 0 Å². The van der Waals surface area contributed by atoms with Crippen LogP contribution in [0.2, 0.25) is 0 Å². The maximum absolute atomic E-state index is 12.7. The number of anilines is 1. The Kier molecular flexibility index (Phi) is 5.29. The van der Waals surface area contributed by atoms with E-state index in [2.05, 4.69) is 11.4 Å². The summed E-state index contributed by atoms with van der Waals surface area (Å²) in [5.41, 5.74) is 4.70. The van der Waals surface area contributed by atoms with E-state index in [0.29, 0.717) is 22.4 Å². The molecule has 1 heterocycles. The molecule has 159 valence electrons. The van der Waals surface area contributed by atoms with Gasteiger partial charge in [0.1, 0.15) is 0 Å². The minimum Gasteiger partial charge on any atom is -0.321 e. The van der Waals surface area contributed by atoms with Gasteiger partial charge in [0.05, 0.1) is 17.7 Å². The molecule has 1 N–H and O–H groups in total. The van der Waals surface area contributed by atoms with Gasteiger partial charge >= 0.3 is 0 Å². The van der Waals surface area contributed by atoms with Crippen LogP contribution in [0.4, 0.5) is 5.69 Å². The zero-order valence-electron chi connectivity index (χ0n) is 17.6. The number of benzene rings is 4. The third kappa shape index (κ3) is 4.04. The molecule has 0 bridgehead atoms. The quantitative estimate of drug-likeness (QED) is 0.442.